The number of carboxylic acid groups (broad SMARTS) is 1. The van der Waals surface area contributed by atoms with Gasteiger partial charge >= 0.3 is 5.97 Å². The van der Waals surface area contributed by atoms with Crippen LogP contribution in [0.5, 0.6) is 0 Å². The minimum absolute atomic E-state index is 0.00631. The zero-order valence-electron chi connectivity index (χ0n) is 22.5. The third kappa shape index (κ3) is 8.76. The molecule has 0 aliphatic rings. The van der Waals surface area contributed by atoms with E-state index in [-0.39, 0.29) is 25.2 Å². The standard InChI is InChI=1S/C27H36N8O5/c1-3-16(2)23(28)26(38)34-20(9-17-7-5-4-6-8-17)24(36)33-21(10-18-12-29-14-31-18)25(37)35-22(27(39)40)11-19-13-30-15-32-19/h4-8,12-16,20-23H,3,9-11,28H2,1-2H3,(H,29,31)(H,30,32)(H,33,36)(H,34,38)(H,35,37)(H,39,40). The molecule has 3 rings (SSSR count). The number of carbonyl (C=O) groups is 4. The molecule has 0 aliphatic heterocycles. The van der Waals surface area contributed by atoms with E-state index in [9.17, 15) is 24.3 Å². The molecule has 40 heavy (non-hydrogen) atoms. The number of benzene rings is 1. The molecule has 13 nitrogen and oxygen atoms in total. The van der Waals surface area contributed by atoms with Gasteiger partial charge in [-0.1, -0.05) is 50.6 Å². The lowest BCUT2D eigenvalue weighted by atomic mass is 9.98. The normalized spacial score (nSPS) is 14.8. The van der Waals surface area contributed by atoms with Gasteiger partial charge in [0, 0.05) is 43.0 Å². The van der Waals surface area contributed by atoms with Crippen molar-refractivity contribution in [2.75, 3.05) is 0 Å². The molecule has 0 bridgehead atoms. The van der Waals surface area contributed by atoms with Crippen LogP contribution in [0.25, 0.3) is 0 Å². The van der Waals surface area contributed by atoms with Crippen LogP contribution in [-0.4, -0.2) is 72.9 Å². The Bertz CT molecular complexity index is 1230. The number of aliphatic carboxylic acids is 1. The topological polar surface area (TPSA) is 208 Å². The second-order valence-corrected chi connectivity index (χ2v) is 9.68. The maximum absolute atomic E-state index is 13.6. The summed E-state index contributed by atoms with van der Waals surface area (Å²) in [5.74, 6) is -3.17. The zero-order chi connectivity index (χ0) is 29.1. The van der Waals surface area contributed by atoms with Crippen molar-refractivity contribution in [3.05, 3.63) is 72.3 Å². The Hall–Kier alpha value is -4.52. The number of amides is 3. The highest BCUT2D eigenvalue weighted by atomic mass is 16.4. The Balaban J connectivity index is 1.81. The fraction of sp³-hybridized carbons (Fsp3) is 0.407. The molecule has 2 heterocycles. The Labute approximate surface area is 231 Å². The van der Waals surface area contributed by atoms with Gasteiger partial charge in [-0.15, -0.1) is 0 Å². The molecule has 0 spiro atoms. The molecular weight excluding hydrogens is 516 g/mol. The van der Waals surface area contributed by atoms with Gasteiger partial charge in [-0.25, -0.2) is 14.8 Å². The number of carbonyl (C=O) groups excluding carboxylic acids is 3. The van der Waals surface area contributed by atoms with Crippen LogP contribution in [0.3, 0.4) is 0 Å². The summed E-state index contributed by atoms with van der Waals surface area (Å²) >= 11 is 0. The summed E-state index contributed by atoms with van der Waals surface area (Å²) in [7, 11) is 0. The Kier molecular flexibility index (Phi) is 10.9. The molecule has 0 radical (unpaired) electrons. The van der Waals surface area contributed by atoms with Gasteiger partial charge in [0.1, 0.15) is 18.1 Å². The molecule has 214 valence electrons. The third-order valence-corrected chi connectivity index (χ3v) is 6.68. The second-order valence-electron chi connectivity index (χ2n) is 9.68. The molecule has 3 aromatic rings. The number of carboxylic acids is 1. The Morgan fingerprint density at radius 1 is 0.825 bits per heavy atom. The van der Waals surface area contributed by atoms with Crippen LogP contribution in [0.1, 0.15) is 37.2 Å². The van der Waals surface area contributed by atoms with E-state index < -0.39 is 47.9 Å². The number of hydrogen-bond acceptors (Lipinski definition) is 7. The molecule has 0 saturated carbocycles. The van der Waals surface area contributed by atoms with E-state index in [1.165, 1.54) is 25.0 Å². The Morgan fingerprint density at radius 3 is 1.82 bits per heavy atom. The number of aromatic nitrogens is 4. The Morgan fingerprint density at radius 2 is 1.32 bits per heavy atom. The predicted octanol–water partition coefficient (Wildman–Crippen LogP) is 0.0731. The van der Waals surface area contributed by atoms with E-state index in [4.69, 9.17) is 5.73 Å². The van der Waals surface area contributed by atoms with Gasteiger partial charge in [-0.3, -0.25) is 14.4 Å². The molecule has 13 heteroatoms. The first kappa shape index (κ1) is 30.0. The second kappa shape index (κ2) is 14.6. The molecule has 5 unspecified atom stereocenters. The summed E-state index contributed by atoms with van der Waals surface area (Å²) in [5.41, 5.74) is 7.97. The minimum Gasteiger partial charge on any atom is -0.480 e. The van der Waals surface area contributed by atoms with Crippen molar-refractivity contribution in [1.82, 2.24) is 35.9 Å². The zero-order valence-corrected chi connectivity index (χ0v) is 22.5. The summed E-state index contributed by atoms with van der Waals surface area (Å²) in [6.07, 6.45) is 6.61. The molecule has 0 fully saturated rings. The maximum Gasteiger partial charge on any atom is 0.326 e. The highest BCUT2D eigenvalue weighted by molar-refractivity contribution is 5.94. The average Bonchev–Trinajstić information content (AvgIpc) is 3.66. The number of rotatable bonds is 15. The van der Waals surface area contributed by atoms with Crippen LogP contribution < -0.4 is 21.7 Å². The van der Waals surface area contributed by atoms with Crippen molar-refractivity contribution in [1.29, 1.82) is 0 Å². The van der Waals surface area contributed by atoms with Crippen molar-refractivity contribution in [3.63, 3.8) is 0 Å². The van der Waals surface area contributed by atoms with Crippen LogP contribution in [0.4, 0.5) is 0 Å². The van der Waals surface area contributed by atoms with Crippen molar-refractivity contribution in [2.45, 2.75) is 63.7 Å². The third-order valence-electron chi connectivity index (χ3n) is 6.68. The van der Waals surface area contributed by atoms with Crippen LogP contribution in [0, 0.1) is 5.92 Å². The highest BCUT2D eigenvalue weighted by Crippen LogP contribution is 2.09. The molecule has 0 saturated heterocycles. The maximum atomic E-state index is 13.6. The summed E-state index contributed by atoms with van der Waals surface area (Å²) in [6.45, 7) is 3.77. The van der Waals surface area contributed by atoms with Gasteiger partial charge in [0.2, 0.25) is 17.7 Å². The lowest BCUT2D eigenvalue weighted by molar-refractivity contribution is -0.142. The van der Waals surface area contributed by atoms with Crippen LogP contribution in [0.15, 0.2) is 55.4 Å². The van der Waals surface area contributed by atoms with E-state index in [0.29, 0.717) is 17.8 Å². The number of nitrogens with two attached hydrogens (primary N) is 1. The van der Waals surface area contributed by atoms with Crippen LogP contribution in [-0.2, 0) is 38.4 Å². The number of aromatic amines is 2. The SMILES string of the molecule is CCC(C)C(N)C(=O)NC(Cc1ccccc1)C(=O)NC(Cc1cnc[nH]1)C(=O)NC(Cc1cnc[nH]1)C(=O)O. The van der Waals surface area contributed by atoms with E-state index in [1.54, 1.807) is 0 Å². The predicted molar refractivity (Wildman–Crippen MR) is 146 cm³/mol. The first-order valence-electron chi connectivity index (χ1n) is 13.1. The smallest absolute Gasteiger partial charge is 0.326 e. The molecular formula is C27H36N8O5. The molecule has 1 aromatic carbocycles. The minimum atomic E-state index is -1.28. The van der Waals surface area contributed by atoms with Gasteiger partial charge < -0.3 is 36.8 Å². The van der Waals surface area contributed by atoms with Crippen LogP contribution in [0.2, 0.25) is 0 Å². The molecule has 8 N–H and O–H groups in total. The first-order valence-corrected chi connectivity index (χ1v) is 13.1. The summed E-state index contributed by atoms with van der Waals surface area (Å²) in [6, 6.07) is 4.81. The van der Waals surface area contributed by atoms with E-state index >= 15 is 0 Å². The fourth-order valence-corrected chi connectivity index (χ4v) is 4.03. The van der Waals surface area contributed by atoms with Crippen molar-refractivity contribution in [3.8, 4) is 0 Å². The first-order chi connectivity index (χ1) is 19.2. The lowest BCUT2D eigenvalue weighted by Crippen LogP contribution is -2.58. The monoisotopic (exact) mass is 552 g/mol. The average molecular weight is 553 g/mol. The van der Waals surface area contributed by atoms with Gasteiger partial charge in [0.05, 0.1) is 18.7 Å². The van der Waals surface area contributed by atoms with E-state index in [2.05, 4.69) is 35.9 Å². The van der Waals surface area contributed by atoms with Crippen LogP contribution >= 0.6 is 0 Å². The van der Waals surface area contributed by atoms with Crippen molar-refractivity contribution >= 4 is 23.7 Å². The number of hydrogen-bond donors (Lipinski definition) is 7. The van der Waals surface area contributed by atoms with Crippen molar-refractivity contribution < 1.29 is 24.3 Å². The molecule has 5 atom stereocenters. The number of H-pyrrole nitrogens is 2. The molecule has 0 aliphatic carbocycles. The molecule has 3 amide bonds. The fourth-order valence-electron chi connectivity index (χ4n) is 4.03. The highest BCUT2D eigenvalue weighted by Gasteiger charge is 2.31. The van der Waals surface area contributed by atoms with E-state index in [0.717, 1.165) is 5.56 Å². The van der Waals surface area contributed by atoms with E-state index in [1.807, 2.05) is 44.2 Å². The van der Waals surface area contributed by atoms with Gasteiger partial charge in [-0.05, 0) is 11.5 Å². The van der Waals surface area contributed by atoms with Gasteiger partial charge in [0.15, 0.2) is 0 Å². The van der Waals surface area contributed by atoms with Gasteiger partial charge in [0.25, 0.3) is 0 Å². The molecule has 2 aromatic heterocycles. The van der Waals surface area contributed by atoms with Crippen molar-refractivity contribution in [2.24, 2.45) is 11.7 Å². The lowest BCUT2D eigenvalue weighted by Gasteiger charge is -2.26. The summed E-state index contributed by atoms with van der Waals surface area (Å²) < 4.78 is 0. The largest absolute Gasteiger partial charge is 0.480 e. The number of nitrogens with zero attached hydrogens (tertiary/aromatic N) is 2. The van der Waals surface area contributed by atoms with Gasteiger partial charge in [-0.2, -0.15) is 0 Å². The summed E-state index contributed by atoms with van der Waals surface area (Å²) in [4.78, 5) is 65.2. The number of nitrogens with one attached hydrogen (secondary N) is 5. The quantitative estimate of drug-likeness (QED) is 0.137. The summed E-state index contributed by atoms with van der Waals surface area (Å²) in [5, 5.41) is 17.6. The number of imidazole rings is 2.